The molecule has 4 atom stereocenters. The molecule has 0 bridgehead atoms. The summed E-state index contributed by atoms with van der Waals surface area (Å²) in [6.07, 6.45) is 4.51. The van der Waals surface area contributed by atoms with E-state index < -0.39 is 0 Å². The molecule has 13 heavy (non-hydrogen) atoms. The number of hydrogen-bond acceptors (Lipinski definition) is 2. The first-order chi connectivity index (χ1) is 6.16. The fourth-order valence-electron chi connectivity index (χ4n) is 2.77. The zero-order chi connectivity index (χ0) is 9.42. The number of carbonyl (C=O) groups excluding carboxylic acids is 1. The van der Waals surface area contributed by atoms with Crippen LogP contribution in [-0.2, 0) is 9.53 Å². The van der Waals surface area contributed by atoms with Crippen LogP contribution < -0.4 is 0 Å². The van der Waals surface area contributed by atoms with E-state index >= 15 is 0 Å². The van der Waals surface area contributed by atoms with Crippen LogP contribution in [0.2, 0.25) is 0 Å². The summed E-state index contributed by atoms with van der Waals surface area (Å²) in [5.41, 5.74) is 0. The zero-order valence-electron chi connectivity index (χ0n) is 8.45. The molecule has 2 aliphatic rings. The first-order valence-electron chi connectivity index (χ1n) is 5.36. The van der Waals surface area contributed by atoms with Gasteiger partial charge in [0.05, 0.1) is 0 Å². The fraction of sp³-hybridized carbons (Fsp3) is 0.909. The van der Waals surface area contributed by atoms with Crippen LogP contribution in [0.4, 0.5) is 0 Å². The van der Waals surface area contributed by atoms with Crippen molar-refractivity contribution >= 4 is 5.97 Å². The summed E-state index contributed by atoms with van der Waals surface area (Å²) in [4.78, 5) is 11.2. The predicted octanol–water partition coefficient (Wildman–Crippen LogP) is 2.37. The lowest BCUT2D eigenvalue weighted by Gasteiger charge is -2.41. The minimum atomic E-state index is 0.0165. The molecule has 0 aromatic heterocycles. The molecule has 2 heteroatoms. The van der Waals surface area contributed by atoms with Crippen molar-refractivity contribution in [2.45, 2.75) is 45.6 Å². The van der Waals surface area contributed by atoms with Gasteiger partial charge in [-0.05, 0) is 30.6 Å². The van der Waals surface area contributed by atoms with E-state index in [4.69, 9.17) is 4.74 Å². The summed E-state index contributed by atoms with van der Waals surface area (Å²) in [6, 6.07) is 0. The first kappa shape index (κ1) is 9.04. The molecule has 0 amide bonds. The van der Waals surface area contributed by atoms with Crippen molar-refractivity contribution < 1.29 is 9.53 Å². The van der Waals surface area contributed by atoms with Crippen LogP contribution in [0.25, 0.3) is 0 Å². The minimum Gasteiger partial charge on any atom is -0.462 e. The third-order valence-corrected chi connectivity index (χ3v) is 3.61. The Balaban J connectivity index is 2.06. The highest BCUT2D eigenvalue weighted by Crippen LogP contribution is 2.39. The average Bonchev–Trinajstić information content (AvgIpc) is 2.02. The largest absolute Gasteiger partial charge is 0.462 e. The topological polar surface area (TPSA) is 26.3 Å². The van der Waals surface area contributed by atoms with Crippen LogP contribution in [0.15, 0.2) is 0 Å². The molecule has 0 spiro atoms. The Morgan fingerprint density at radius 2 is 2.08 bits per heavy atom. The SMILES string of the molecule is CC1CC(=O)O[C@@H]2C[C@H](C)CC[C@@H]12. The quantitative estimate of drug-likeness (QED) is 0.538. The summed E-state index contributed by atoms with van der Waals surface area (Å²) in [7, 11) is 0. The van der Waals surface area contributed by atoms with Crippen molar-refractivity contribution in [2.75, 3.05) is 0 Å². The summed E-state index contributed by atoms with van der Waals surface area (Å²) in [5.74, 6) is 1.94. The second-order valence-corrected chi connectivity index (χ2v) is 4.79. The molecule has 2 fully saturated rings. The van der Waals surface area contributed by atoms with Crippen LogP contribution in [-0.4, -0.2) is 12.1 Å². The fourth-order valence-corrected chi connectivity index (χ4v) is 2.77. The van der Waals surface area contributed by atoms with Gasteiger partial charge in [-0.3, -0.25) is 4.79 Å². The number of rotatable bonds is 0. The second kappa shape index (κ2) is 3.32. The van der Waals surface area contributed by atoms with Crippen LogP contribution >= 0.6 is 0 Å². The van der Waals surface area contributed by atoms with E-state index in [-0.39, 0.29) is 12.1 Å². The van der Waals surface area contributed by atoms with Gasteiger partial charge in [-0.2, -0.15) is 0 Å². The van der Waals surface area contributed by atoms with Crippen LogP contribution in [0.1, 0.15) is 39.5 Å². The first-order valence-corrected chi connectivity index (χ1v) is 5.36. The number of hydrogen-bond donors (Lipinski definition) is 0. The van der Waals surface area contributed by atoms with Crippen molar-refractivity contribution in [1.82, 2.24) is 0 Å². The van der Waals surface area contributed by atoms with Crippen LogP contribution in [0.5, 0.6) is 0 Å². The standard InChI is InChI=1S/C11H18O2/c1-7-3-4-9-8(2)6-11(12)13-10(9)5-7/h7-10H,3-6H2,1-2H3/t7-,8?,9+,10-/m1/s1. The Labute approximate surface area is 79.7 Å². The maximum atomic E-state index is 11.2. The Morgan fingerprint density at radius 1 is 1.31 bits per heavy atom. The van der Waals surface area contributed by atoms with Gasteiger partial charge in [0, 0.05) is 6.42 Å². The minimum absolute atomic E-state index is 0.0165. The number of ether oxygens (including phenoxy) is 1. The van der Waals surface area contributed by atoms with Crippen LogP contribution in [0.3, 0.4) is 0 Å². The van der Waals surface area contributed by atoms with Gasteiger partial charge in [0.25, 0.3) is 0 Å². The second-order valence-electron chi connectivity index (χ2n) is 4.79. The van der Waals surface area contributed by atoms with Crippen LogP contribution in [0, 0.1) is 17.8 Å². The van der Waals surface area contributed by atoms with E-state index in [1.165, 1.54) is 12.8 Å². The van der Waals surface area contributed by atoms with Gasteiger partial charge in [-0.1, -0.05) is 20.3 Å². The number of carbonyl (C=O) groups is 1. The highest BCUT2D eigenvalue weighted by atomic mass is 16.5. The third kappa shape index (κ3) is 1.72. The van der Waals surface area contributed by atoms with Gasteiger partial charge >= 0.3 is 5.97 Å². The van der Waals surface area contributed by atoms with Crippen molar-refractivity contribution in [3.8, 4) is 0 Å². The summed E-state index contributed by atoms with van der Waals surface area (Å²) in [5, 5.41) is 0. The van der Waals surface area contributed by atoms with Gasteiger partial charge in [0.15, 0.2) is 0 Å². The Kier molecular flexibility index (Phi) is 2.31. The maximum Gasteiger partial charge on any atom is 0.306 e. The molecule has 2 nitrogen and oxygen atoms in total. The van der Waals surface area contributed by atoms with E-state index in [1.807, 2.05) is 0 Å². The van der Waals surface area contributed by atoms with Crippen molar-refractivity contribution in [1.29, 1.82) is 0 Å². The summed E-state index contributed by atoms with van der Waals surface area (Å²) < 4.78 is 5.39. The van der Waals surface area contributed by atoms with Crippen molar-refractivity contribution in [2.24, 2.45) is 17.8 Å². The molecule has 0 aromatic carbocycles. The molecule has 1 heterocycles. The highest BCUT2D eigenvalue weighted by molar-refractivity contribution is 5.70. The molecular weight excluding hydrogens is 164 g/mol. The van der Waals surface area contributed by atoms with E-state index in [9.17, 15) is 4.79 Å². The van der Waals surface area contributed by atoms with Gasteiger partial charge in [0.2, 0.25) is 0 Å². The number of fused-ring (bicyclic) bond motifs is 1. The lowest BCUT2D eigenvalue weighted by molar-refractivity contribution is -0.166. The van der Waals surface area contributed by atoms with E-state index in [0.717, 1.165) is 12.3 Å². The molecular formula is C11H18O2. The molecule has 1 unspecified atom stereocenters. The Hall–Kier alpha value is -0.530. The average molecular weight is 182 g/mol. The highest BCUT2D eigenvalue weighted by Gasteiger charge is 2.39. The Bertz CT molecular complexity index is 212. The van der Waals surface area contributed by atoms with E-state index in [2.05, 4.69) is 13.8 Å². The summed E-state index contributed by atoms with van der Waals surface area (Å²) in [6.45, 7) is 4.44. The monoisotopic (exact) mass is 182 g/mol. The third-order valence-electron chi connectivity index (χ3n) is 3.61. The summed E-state index contributed by atoms with van der Waals surface area (Å²) >= 11 is 0. The molecule has 1 saturated carbocycles. The molecule has 74 valence electrons. The van der Waals surface area contributed by atoms with Gasteiger partial charge in [0.1, 0.15) is 6.10 Å². The molecule has 0 aromatic rings. The lowest BCUT2D eigenvalue weighted by atomic mass is 9.72. The molecule has 0 N–H and O–H groups in total. The van der Waals surface area contributed by atoms with Crippen molar-refractivity contribution in [3.63, 3.8) is 0 Å². The molecule has 0 radical (unpaired) electrons. The van der Waals surface area contributed by atoms with Gasteiger partial charge in [-0.25, -0.2) is 0 Å². The normalized spacial score (nSPS) is 45.2. The zero-order valence-corrected chi connectivity index (χ0v) is 8.45. The number of esters is 1. The lowest BCUT2D eigenvalue weighted by Crippen LogP contribution is -2.41. The smallest absolute Gasteiger partial charge is 0.306 e. The van der Waals surface area contributed by atoms with E-state index in [1.54, 1.807) is 0 Å². The van der Waals surface area contributed by atoms with Gasteiger partial charge < -0.3 is 4.74 Å². The molecule has 1 aliphatic carbocycles. The predicted molar refractivity (Wildman–Crippen MR) is 50.2 cm³/mol. The molecule has 1 saturated heterocycles. The Morgan fingerprint density at radius 3 is 2.85 bits per heavy atom. The molecule has 1 aliphatic heterocycles. The van der Waals surface area contributed by atoms with Gasteiger partial charge in [-0.15, -0.1) is 0 Å². The maximum absolute atomic E-state index is 11.2. The molecule has 2 rings (SSSR count). The van der Waals surface area contributed by atoms with Crippen molar-refractivity contribution in [3.05, 3.63) is 0 Å². The van der Waals surface area contributed by atoms with E-state index in [0.29, 0.717) is 18.3 Å².